The van der Waals surface area contributed by atoms with Gasteiger partial charge in [-0.15, -0.1) is 0 Å². The van der Waals surface area contributed by atoms with Gasteiger partial charge < -0.3 is 9.32 Å². The van der Waals surface area contributed by atoms with E-state index in [9.17, 15) is 0 Å². The standard InChI is InChI=1S/C60H39NO/c1-3-16-50-42(11-1)13-8-19-51(50)44-27-25-40(26-28-44)41-29-34-47(35-30-41)61(49-15-7-14-46(39-49)54-21-10-24-59-60(54)57-18-5-6-23-58(57)62-59)48-36-31-45(32-37-48)53-20-9-22-55-52-17-4-2-12-43(52)33-38-56(53)55/h1-39H. The van der Waals surface area contributed by atoms with Gasteiger partial charge in [0.1, 0.15) is 11.2 Å². The van der Waals surface area contributed by atoms with Crippen molar-refractivity contribution in [1.82, 2.24) is 0 Å². The highest BCUT2D eigenvalue weighted by molar-refractivity contribution is 6.13. The molecule has 0 saturated carbocycles. The Morgan fingerprint density at radius 3 is 1.52 bits per heavy atom. The lowest BCUT2D eigenvalue weighted by atomic mass is 9.94. The van der Waals surface area contributed by atoms with Crippen LogP contribution in [0.3, 0.4) is 0 Å². The van der Waals surface area contributed by atoms with E-state index in [1.54, 1.807) is 0 Å². The molecule has 0 amide bonds. The third-order valence-corrected chi connectivity index (χ3v) is 12.5. The van der Waals surface area contributed by atoms with Gasteiger partial charge in [-0.3, -0.25) is 0 Å². The van der Waals surface area contributed by atoms with Crippen molar-refractivity contribution in [2.45, 2.75) is 0 Å². The molecule has 0 aliphatic rings. The van der Waals surface area contributed by atoms with Crippen LogP contribution in [-0.2, 0) is 0 Å². The van der Waals surface area contributed by atoms with Gasteiger partial charge in [0.15, 0.2) is 0 Å². The minimum Gasteiger partial charge on any atom is -0.456 e. The fourth-order valence-electron chi connectivity index (χ4n) is 9.48. The summed E-state index contributed by atoms with van der Waals surface area (Å²) >= 11 is 0. The van der Waals surface area contributed by atoms with Gasteiger partial charge in [0.05, 0.1) is 0 Å². The first-order valence-corrected chi connectivity index (χ1v) is 21.2. The topological polar surface area (TPSA) is 16.4 Å². The fraction of sp³-hybridized carbons (Fsp3) is 0. The van der Waals surface area contributed by atoms with Crippen LogP contribution in [0.1, 0.15) is 0 Å². The molecule has 2 heteroatoms. The number of fused-ring (bicyclic) bond motifs is 7. The Morgan fingerprint density at radius 1 is 0.258 bits per heavy atom. The lowest BCUT2D eigenvalue weighted by Crippen LogP contribution is -2.10. The normalized spacial score (nSPS) is 11.5. The number of rotatable bonds is 7. The van der Waals surface area contributed by atoms with Gasteiger partial charge in [0.2, 0.25) is 0 Å². The molecule has 0 bridgehead atoms. The van der Waals surface area contributed by atoms with E-state index in [1.807, 2.05) is 12.1 Å². The zero-order valence-electron chi connectivity index (χ0n) is 33.9. The smallest absolute Gasteiger partial charge is 0.136 e. The largest absolute Gasteiger partial charge is 0.456 e. The minimum absolute atomic E-state index is 0.892. The van der Waals surface area contributed by atoms with Crippen molar-refractivity contribution in [1.29, 1.82) is 0 Å². The summed E-state index contributed by atoms with van der Waals surface area (Å²) in [6.45, 7) is 0. The van der Waals surface area contributed by atoms with Crippen molar-refractivity contribution in [3.05, 3.63) is 237 Å². The number of hydrogen-bond acceptors (Lipinski definition) is 2. The van der Waals surface area contributed by atoms with Crippen LogP contribution in [0.2, 0.25) is 0 Å². The molecule has 12 rings (SSSR count). The van der Waals surface area contributed by atoms with Crippen LogP contribution in [0.25, 0.3) is 98.8 Å². The third-order valence-electron chi connectivity index (χ3n) is 12.5. The molecule has 62 heavy (non-hydrogen) atoms. The number of hydrogen-bond donors (Lipinski definition) is 0. The summed E-state index contributed by atoms with van der Waals surface area (Å²) in [6.07, 6.45) is 0. The predicted octanol–water partition coefficient (Wildman–Crippen LogP) is 17.2. The summed E-state index contributed by atoms with van der Waals surface area (Å²) in [5.41, 5.74) is 14.5. The molecule has 0 aliphatic carbocycles. The Bertz CT molecular complexity index is 3610. The maximum absolute atomic E-state index is 6.31. The van der Waals surface area contributed by atoms with E-state index in [4.69, 9.17) is 4.42 Å². The molecule has 0 unspecified atom stereocenters. The maximum atomic E-state index is 6.31. The van der Waals surface area contributed by atoms with Gasteiger partial charge in [0, 0.05) is 27.8 Å². The minimum atomic E-state index is 0.892. The Hall–Kier alpha value is -8.20. The number of anilines is 3. The van der Waals surface area contributed by atoms with Crippen molar-refractivity contribution in [2.24, 2.45) is 0 Å². The van der Waals surface area contributed by atoms with Crippen LogP contribution < -0.4 is 4.90 Å². The van der Waals surface area contributed by atoms with Crippen molar-refractivity contribution in [3.8, 4) is 44.5 Å². The van der Waals surface area contributed by atoms with E-state index in [0.29, 0.717) is 0 Å². The van der Waals surface area contributed by atoms with Crippen molar-refractivity contribution >= 4 is 71.3 Å². The second kappa shape index (κ2) is 14.8. The molecule has 0 aliphatic heterocycles. The first-order chi connectivity index (χ1) is 30.7. The van der Waals surface area contributed by atoms with E-state index in [0.717, 1.165) is 50.1 Å². The lowest BCUT2D eigenvalue weighted by Gasteiger charge is -2.26. The molecule has 290 valence electrons. The van der Waals surface area contributed by atoms with E-state index in [2.05, 4.69) is 229 Å². The molecule has 12 aromatic rings. The van der Waals surface area contributed by atoms with E-state index < -0.39 is 0 Å². The number of benzene rings is 11. The summed E-state index contributed by atoms with van der Waals surface area (Å²) in [6, 6.07) is 85.5. The fourth-order valence-corrected chi connectivity index (χ4v) is 9.48. The molecule has 0 fully saturated rings. The van der Waals surface area contributed by atoms with Crippen LogP contribution in [0.15, 0.2) is 241 Å². The molecule has 0 atom stereocenters. The summed E-state index contributed by atoms with van der Waals surface area (Å²) in [5, 5.41) is 9.84. The number of nitrogens with zero attached hydrogens (tertiary/aromatic N) is 1. The SMILES string of the molecule is c1cc(-c2cccc3oc4ccccc4c23)cc(N(c2ccc(-c3ccc(-c4cccc5ccccc45)cc3)cc2)c2ccc(-c3cccc4c3ccc3ccccc34)cc2)c1. The van der Waals surface area contributed by atoms with Crippen LogP contribution in [0.4, 0.5) is 17.1 Å². The second-order valence-electron chi connectivity index (χ2n) is 16.0. The number of para-hydroxylation sites is 1. The van der Waals surface area contributed by atoms with Crippen molar-refractivity contribution < 1.29 is 4.42 Å². The maximum Gasteiger partial charge on any atom is 0.136 e. The van der Waals surface area contributed by atoms with Gasteiger partial charge in [-0.1, -0.05) is 188 Å². The van der Waals surface area contributed by atoms with E-state index >= 15 is 0 Å². The average molecular weight is 790 g/mol. The molecule has 0 spiro atoms. The van der Waals surface area contributed by atoms with E-state index in [1.165, 1.54) is 65.7 Å². The highest BCUT2D eigenvalue weighted by atomic mass is 16.3. The highest BCUT2D eigenvalue weighted by Gasteiger charge is 2.18. The monoisotopic (exact) mass is 789 g/mol. The summed E-state index contributed by atoms with van der Waals surface area (Å²) in [5.74, 6) is 0. The van der Waals surface area contributed by atoms with Crippen LogP contribution in [0.5, 0.6) is 0 Å². The zero-order chi connectivity index (χ0) is 41.0. The lowest BCUT2D eigenvalue weighted by molar-refractivity contribution is 0.669. The molecular weight excluding hydrogens is 751 g/mol. The predicted molar refractivity (Wildman–Crippen MR) is 263 cm³/mol. The van der Waals surface area contributed by atoms with Crippen LogP contribution in [0, 0.1) is 0 Å². The van der Waals surface area contributed by atoms with Gasteiger partial charge >= 0.3 is 0 Å². The number of furan rings is 1. The van der Waals surface area contributed by atoms with E-state index in [-0.39, 0.29) is 0 Å². The quantitative estimate of drug-likeness (QED) is 0.150. The molecule has 1 heterocycles. The summed E-state index contributed by atoms with van der Waals surface area (Å²) < 4.78 is 6.31. The van der Waals surface area contributed by atoms with Crippen molar-refractivity contribution in [2.75, 3.05) is 4.90 Å². The molecular formula is C60H39NO. The first-order valence-electron chi connectivity index (χ1n) is 21.2. The Balaban J connectivity index is 0.943. The third kappa shape index (κ3) is 6.12. The molecule has 0 saturated heterocycles. The Morgan fingerprint density at radius 2 is 0.758 bits per heavy atom. The zero-order valence-corrected chi connectivity index (χ0v) is 33.9. The van der Waals surface area contributed by atoms with Gasteiger partial charge in [-0.2, -0.15) is 0 Å². The van der Waals surface area contributed by atoms with Crippen LogP contribution in [-0.4, -0.2) is 0 Å². The Labute approximate surface area is 360 Å². The van der Waals surface area contributed by atoms with Crippen LogP contribution >= 0.6 is 0 Å². The summed E-state index contributed by atoms with van der Waals surface area (Å²) in [7, 11) is 0. The van der Waals surface area contributed by atoms with Gasteiger partial charge in [-0.05, 0) is 125 Å². The molecule has 0 radical (unpaired) electrons. The average Bonchev–Trinajstić information content (AvgIpc) is 3.73. The second-order valence-corrected chi connectivity index (χ2v) is 16.0. The first kappa shape index (κ1) is 35.7. The van der Waals surface area contributed by atoms with Crippen molar-refractivity contribution in [3.63, 3.8) is 0 Å². The summed E-state index contributed by atoms with van der Waals surface area (Å²) in [4.78, 5) is 2.37. The highest BCUT2D eigenvalue weighted by Crippen LogP contribution is 2.42. The molecule has 11 aromatic carbocycles. The molecule has 0 N–H and O–H groups in total. The molecule has 2 nitrogen and oxygen atoms in total. The Kier molecular flexibility index (Phi) is 8.53. The van der Waals surface area contributed by atoms with Gasteiger partial charge in [-0.25, -0.2) is 0 Å². The van der Waals surface area contributed by atoms with Gasteiger partial charge in [0.25, 0.3) is 0 Å². The molecule has 1 aromatic heterocycles.